The second kappa shape index (κ2) is 5.56. The maximum atomic E-state index is 11.9. The van der Waals surface area contributed by atoms with Gasteiger partial charge in [0.25, 0.3) is 5.91 Å². The molecule has 2 fully saturated rings. The van der Waals surface area contributed by atoms with E-state index in [4.69, 9.17) is 5.73 Å². The fourth-order valence-electron chi connectivity index (χ4n) is 3.74. The largest absolute Gasteiger partial charge is 0.397 e. The number of fused-ring (bicyclic) bond motifs is 2. The Balaban J connectivity index is 1.85. The lowest BCUT2D eigenvalue weighted by Crippen LogP contribution is -2.45. The fourth-order valence-corrected chi connectivity index (χ4v) is 3.74. The molecule has 2 bridgehead atoms. The van der Waals surface area contributed by atoms with E-state index in [2.05, 4.69) is 10.2 Å². The minimum absolute atomic E-state index is 0.0900. The number of aliphatic hydroxyl groups is 1. The van der Waals surface area contributed by atoms with Crippen LogP contribution in [-0.4, -0.2) is 35.7 Å². The lowest BCUT2D eigenvalue weighted by molar-refractivity contribution is 0.0956. The van der Waals surface area contributed by atoms with Gasteiger partial charge in [-0.25, -0.2) is 0 Å². The third kappa shape index (κ3) is 2.58. The molecule has 21 heavy (non-hydrogen) atoms. The Morgan fingerprint density at radius 3 is 2.62 bits per heavy atom. The molecule has 1 aromatic carbocycles. The first-order chi connectivity index (χ1) is 10.1. The zero-order valence-corrected chi connectivity index (χ0v) is 12.4. The van der Waals surface area contributed by atoms with Crippen molar-refractivity contribution in [2.45, 2.75) is 50.8 Å². The van der Waals surface area contributed by atoms with Crippen molar-refractivity contribution in [1.29, 1.82) is 0 Å². The van der Waals surface area contributed by atoms with E-state index in [0.717, 1.165) is 31.4 Å². The summed E-state index contributed by atoms with van der Waals surface area (Å²) in [7, 11) is 0. The van der Waals surface area contributed by atoms with Crippen molar-refractivity contribution >= 4 is 17.3 Å². The molecule has 5 heteroatoms. The summed E-state index contributed by atoms with van der Waals surface area (Å²) in [6, 6.07) is 6.28. The van der Waals surface area contributed by atoms with Gasteiger partial charge < -0.3 is 21.1 Å². The van der Waals surface area contributed by atoms with Crippen LogP contribution in [0.4, 0.5) is 11.4 Å². The molecule has 1 aromatic rings. The van der Waals surface area contributed by atoms with Crippen LogP contribution >= 0.6 is 0 Å². The third-order valence-corrected chi connectivity index (χ3v) is 4.61. The predicted molar refractivity (Wildman–Crippen MR) is 83.4 cm³/mol. The highest BCUT2D eigenvalue weighted by Crippen LogP contribution is 2.41. The van der Waals surface area contributed by atoms with Gasteiger partial charge >= 0.3 is 0 Å². The van der Waals surface area contributed by atoms with Gasteiger partial charge in [-0.05, 0) is 50.8 Å². The van der Waals surface area contributed by atoms with Crippen LogP contribution in [-0.2, 0) is 0 Å². The summed E-state index contributed by atoms with van der Waals surface area (Å²) in [5.41, 5.74) is 8.44. The molecule has 2 aliphatic heterocycles. The number of aliphatic hydroxyl groups excluding tert-OH is 1. The van der Waals surface area contributed by atoms with Crippen LogP contribution in [0.2, 0.25) is 0 Å². The van der Waals surface area contributed by atoms with E-state index in [1.165, 1.54) is 0 Å². The van der Waals surface area contributed by atoms with Gasteiger partial charge in [-0.1, -0.05) is 0 Å². The van der Waals surface area contributed by atoms with Crippen molar-refractivity contribution in [2.75, 3.05) is 17.2 Å². The molecule has 1 amide bonds. The molecule has 0 aromatic heterocycles. The number of nitrogens with one attached hydrogen (secondary N) is 1. The Labute approximate surface area is 125 Å². The number of benzene rings is 1. The molecule has 2 saturated heterocycles. The standard InChI is InChI=1S/C16H23N3O2/c1-2-18-16(21)10-3-6-15(14(17)7-10)19-11-4-5-12(19)9-13(20)8-11/h3,6-7,11-13,20H,2,4-5,8-9,17H2,1H3,(H,18,21). The molecule has 4 N–H and O–H groups in total. The zero-order chi connectivity index (χ0) is 15.0. The first kappa shape index (κ1) is 14.2. The topological polar surface area (TPSA) is 78.6 Å². The van der Waals surface area contributed by atoms with E-state index >= 15 is 0 Å². The first-order valence-electron chi connectivity index (χ1n) is 7.74. The molecule has 0 spiro atoms. The predicted octanol–water partition coefficient (Wildman–Crippen LogP) is 1.51. The van der Waals surface area contributed by atoms with Crippen molar-refractivity contribution in [1.82, 2.24) is 5.32 Å². The molecule has 0 aliphatic carbocycles. The molecule has 0 radical (unpaired) electrons. The molecule has 2 unspecified atom stereocenters. The van der Waals surface area contributed by atoms with Gasteiger partial charge in [0.2, 0.25) is 0 Å². The molecular weight excluding hydrogens is 266 g/mol. The summed E-state index contributed by atoms with van der Waals surface area (Å²) in [6.07, 6.45) is 3.66. The van der Waals surface area contributed by atoms with Crippen LogP contribution in [0.3, 0.4) is 0 Å². The highest BCUT2D eigenvalue weighted by Gasteiger charge is 2.40. The van der Waals surface area contributed by atoms with Gasteiger partial charge in [-0.15, -0.1) is 0 Å². The summed E-state index contributed by atoms with van der Waals surface area (Å²) in [6.45, 7) is 2.50. The Morgan fingerprint density at radius 2 is 2.05 bits per heavy atom. The van der Waals surface area contributed by atoms with Gasteiger partial charge in [0.05, 0.1) is 17.5 Å². The molecule has 2 atom stereocenters. The van der Waals surface area contributed by atoms with Crippen molar-refractivity contribution in [3.8, 4) is 0 Å². The number of amides is 1. The third-order valence-electron chi connectivity index (χ3n) is 4.61. The maximum absolute atomic E-state index is 11.9. The Bertz CT molecular complexity index is 532. The number of nitrogen functional groups attached to an aromatic ring is 1. The SMILES string of the molecule is CCNC(=O)c1ccc(N2C3CCC2CC(O)C3)c(N)c1. The van der Waals surface area contributed by atoms with E-state index in [9.17, 15) is 9.90 Å². The van der Waals surface area contributed by atoms with Crippen LogP contribution in [0.5, 0.6) is 0 Å². The van der Waals surface area contributed by atoms with Crippen LogP contribution < -0.4 is 16.0 Å². The van der Waals surface area contributed by atoms with E-state index < -0.39 is 0 Å². The minimum atomic E-state index is -0.186. The average Bonchev–Trinajstić information content (AvgIpc) is 2.71. The van der Waals surface area contributed by atoms with Crippen molar-refractivity contribution in [2.24, 2.45) is 0 Å². The number of piperidine rings is 1. The molecule has 2 heterocycles. The van der Waals surface area contributed by atoms with E-state index in [1.807, 2.05) is 19.1 Å². The molecular formula is C16H23N3O2. The fraction of sp³-hybridized carbons (Fsp3) is 0.562. The van der Waals surface area contributed by atoms with Crippen molar-refractivity contribution in [3.05, 3.63) is 23.8 Å². The summed E-state index contributed by atoms with van der Waals surface area (Å²) in [4.78, 5) is 14.2. The lowest BCUT2D eigenvalue weighted by Gasteiger charge is -2.39. The van der Waals surface area contributed by atoms with Gasteiger partial charge in [0.1, 0.15) is 0 Å². The monoisotopic (exact) mass is 289 g/mol. The first-order valence-corrected chi connectivity index (χ1v) is 7.74. The van der Waals surface area contributed by atoms with Crippen molar-refractivity contribution < 1.29 is 9.90 Å². The molecule has 5 nitrogen and oxygen atoms in total. The minimum Gasteiger partial charge on any atom is -0.397 e. The summed E-state index contributed by atoms with van der Waals surface area (Å²) in [5.74, 6) is -0.0900. The molecule has 0 saturated carbocycles. The maximum Gasteiger partial charge on any atom is 0.251 e. The summed E-state index contributed by atoms with van der Waals surface area (Å²) < 4.78 is 0. The van der Waals surface area contributed by atoms with Gasteiger partial charge in [-0.2, -0.15) is 0 Å². The number of anilines is 2. The second-order valence-electron chi connectivity index (χ2n) is 6.05. The highest BCUT2D eigenvalue weighted by molar-refractivity contribution is 5.96. The Kier molecular flexibility index (Phi) is 3.76. The number of hydrogen-bond acceptors (Lipinski definition) is 4. The highest BCUT2D eigenvalue weighted by atomic mass is 16.3. The number of carbonyl (C=O) groups is 1. The number of hydrogen-bond donors (Lipinski definition) is 3. The van der Waals surface area contributed by atoms with Gasteiger partial charge in [0.15, 0.2) is 0 Å². The Hall–Kier alpha value is -1.75. The molecule has 114 valence electrons. The quantitative estimate of drug-likeness (QED) is 0.737. The smallest absolute Gasteiger partial charge is 0.251 e. The number of rotatable bonds is 3. The van der Waals surface area contributed by atoms with E-state index in [-0.39, 0.29) is 12.0 Å². The van der Waals surface area contributed by atoms with E-state index in [0.29, 0.717) is 29.9 Å². The number of nitrogens with zero attached hydrogens (tertiary/aromatic N) is 1. The van der Waals surface area contributed by atoms with Gasteiger partial charge in [0, 0.05) is 24.2 Å². The second-order valence-corrected chi connectivity index (χ2v) is 6.05. The number of carbonyl (C=O) groups excluding carboxylic acids is 1. The molecule has 3 rings (SSSR count). The Morgan fingerprint density at radius 1 is 1.38 bits per heavy atom. The van der Waals surface area contributed by atoms with Gasteiger partial charge in [-0.3, -0.25) is 4.79 Å². The van der Waals surface area contributed by atoms with Crippen LogP contribution in [0.25, 0.3) is 0 Å². The summed E-state index contributed by atoms with van der Waals surface area (Å²) in [5, 5.41) is 12.7. The zero-order valence-electron chi connectivity index (χ0n) is 12.4. The van der Waals surface area contributed by atoms with Crippen LogP contribution in [0.1, 0.15) is 43.0 Å². The van der Waals surface area contributed by atoms with Crippen LogP contribution in [0.15, 0.2) is 18.2 Å². The number of nitrogens with two attached hydrogens (primary N) is 1. The summed E-state index contributed by atoms with van der Waals surface area (Å²) >= 11 is 0. The average molecular weight is 289 g/mol. The van der Waals surface area contributed by atoms with E-state index in [1.54, 1.807) is 6.07 Å². The lowest BCUT2D eigenvalue weighted by atomic mass is 9.98. The molecule has 2 aliphatic rings. The normalized spacial score (nSPS) is 27.7. The van der Waals surface area contributed by atoms with Crippen molar-refractivity contribution in [3.63, 3.8) is 0 Å². The van der Waals surface area contributed by atoms with Crippen LogP contribution in [0, 0.1) is 0 Å².